The molecule has 0 aliphatic carbocycles. The first-order valence-electron chi connectivity index (χ1n) is 30.6. The molecule has 0 heterocycles. The zero-order valence-corrected chi connectivity index (χ0v) is 46.9. The molecule has 0 aromatic heterocycles. The molecule has 404 valence electrons. The van der Waals surface area contributed by atoms with E-state index in [2.05, 4.69) is 41.5 Å². The van der Waals surface area contributed by atoms with E-state index in [4.69, 9.17) is 14.2 Å². The van der Waals surface area contributed by atoms with Crippen LogP contribution in [0.25, 0.3) is 0 Å². The average Bonchev–Trinajstić information content (AvgIpc) is 3.31. The number of esters is 3. The molecule has 0 aromatic rings. The van der Waals surface area contributed by atoms with Gasteiger partial charge in [-0.25, -0.2) is 0 Å². The summed E-state index contributed by atoms with van der Waals surface area (Å²) in [7, 11) is 0. The summed E-state index contributed by atoms with van der Waals surface area (Å²) >= 11 is 0. The van der Waals surface area contributed by atoms with Crippen LogP contribution in [0.5, 0.6) is 0 Å². The van der Waals surface area contributed by atoms with Gasteiger partial charge in [0.1, 0.15) is 13.2 Å². The number of hydrogen-bond donors (Lipinski definition) is 0. The third kappa shape index (κ3) is 53.8. The number of hydrogen-bond acceptors (Lipinski definition) is 6. The number of ether oxygens (including phenoxy) is 3. The molecule has 0 saturated carbocycles. The molecule has 1 unspecified atom stereocenters. The van der Waals surface area contributed by atoms with Crippen molar-refractivity contribution in [3.63, 3.8) is 0 Å². The molecule has 0 saturated heterocycles. The van der Waals surface area contributed by atoms with E-state index in [1.165, 1.54) is 225 Å². The maximum absolute atomic E-state index is 12.9. The van der Waals surface area contributed by atoms with Crippen LogP contribution >= 0.6 is 0 Å². The minimum Gasteiger partial charge on any atom is -0.462 e. The van der Waals surface area contributed by atoms with Crippen molar-refractivity contribution in [3.05, 3.63) is 0 Å². The quantitative estimate of drug-likeness (QED) is 0.0343. The summed E-state index contributed by atoms with van der Waals surface area (Å²) in [5, 5.41) is 0. The van der Waals surface area contributed by atoms with Crippen molar-refractivity contribution in [2.75, 3.05) is 13.2 Å². The van der Waals surface area contributed by atoms with E-state index >= 15 is 0 Å². The first kappa shape index (κ1) is 66.4. The molecular formula is C62H120O6. The molecule has 0 aliphatic heterocycles. The molecule has 0 radical (unpaired) electrons. The summed E-state index contributed by atoms with van der Waals surface area (Å²) in [4.78, 5) is 38.2. The van der Waals surface area contributed by atoms with Gasteiger partial charge in [0.2, 0.25) is 0 Å². The Kier molecular flexibility index (Phi) is 52.0. The molecule has 0 N–H and O–H groups in total. The molecule has 0 aromatic carbocycles. The second-order valence-electron chi connectivity index (χ2n) is 22.5. The summed E-state index contributed by atoms with van der Waals surface area (Å²) in [6.07, 6.45) is 56.8. The Morgan fingerprint density at radius 3 is 0.765 bits per heavy atom. The van der Waals surface area contributed by atoms with E-state index in [0.717, 1.165) is 75.5 Å². The smallest absolute Gasteiger partial charge is 0.306 e. The minimum absolute atomic E-state index is 0.0634. The highest BCUT2D eigenvalue weighted by molar-refractivity contribution is 5.71. The van der Waals surface area contributed by atoms with E-state index in [9.17, 15) is 14.4 Å². The van der Waals surface area contributed by atoms with Crippen LogP contribution in [0.4, 0.5) is 0 Å². The molecule has 0 rings (SSSR count). The number of carbonyl (C=O) groups is 3. The molecule has 6 heteroatoms. The number of unbranched alkanes of at least 4 members (excludes halogenated alkanes) is 37. The SMILES string of the molecule is CCC(C)CCCCCCCCCCCCCCCCCCCCC(=O)OC[C@H](COC(=O)CCCCCCCCCCC(C)C)OC(=O)CCCCCCCCCCCCCCCCC(C)C. The van der Waals surface area contributed by atoms with Gasteiger partial charge >= 0.3 is 17.9 Å². The fraction of sp³-hybridized carbons (Fsp3) is 0.952. The zero-order chi connectivity index (χ0) is 49.8. The van der Waals surface area contributed by atoms with Crippen LogP contribution in [0.3, 0.4) is 0 Å². The van der Waals surface area contributed by atoms with Crippen molar-refractivity contribution in [3.8, 4) is 0 Å². The van der Waals surface area contributed by atoms with Crippen molar-refractivity contribution < 1.29 is 28.6 Å². The van der Waals surface area contributed by atoms with E-state index in [1.807, 2.05) is 0 Å². The van der Waals surface area contributed by atoms with Gasteiger partial charge in [0.25, 0.3) is 0 Å². The standard InChI is InChI=1S/C62H120O6/c1-7-58(6)50-44-38-32-25-21-17-12-10-8-9-11-13-18-22-26-33-39-45-51-60(63)66-54-59(55-67-61(64)52-46-40-34-29-28-31-37-43-49-57(4)5)68-62(65)53-47-41-35-27-23-19-15-14-16-20-24-30-36-42-48-56(2)3/h56-59H,7-55H2,1-6H3/t58?,59-/m1/s1. The minimum atomic E-state index is -0.764. The Labute approximate surface area is 425 Å². The Balaban J connectivity index is 4.22. The second-order valence-corrected chi connectivity index (χ2v) is 22.5. The second kappa shape index (κ2) is 53.2. The summed E-state index contributed by atoms with van der Waals surface area (Å²) in [6, 6.07) is 0. The molecule has 0 aliphatic rings. The van der Waals surface area contributed by atoms with Gasteiger partial charge in [0.15, 0.2) is 6.10 Å². The van der Waals surface area contributed by atoms with Crippen molar-refractivity contribution in [2.24, 2.45) is 17.8 Å². The van der Waals surface area contributed by atoms with E-state index in [-0.39, 0.29) is 31.1 Å². The fourth-order valence-electron chi connectivity index (χ4n) is 9.50. The molecule has 0 bridgehead atoms. The maximum atomic E-state index is 12.9. The molecule has 0 spiro atoms. The van der Waals surface area contributed by atoms with Crippen LogP contribution in [0.1, 0.15) is 343 Å². The van der Waals surface area contributed by atoms with Gasteiger partial charge in [-0.15, -0.1) is 0 Å². The first-order chi connectivity index (χ1) is 33.1. The fourth-order valence-corrected chi connectivity index (χ4v) is 9.50. The molecule has 6 nitrogen and oxygen atoms in total. The Hall–Kier alpha value is -1.59. The normalized spacial score (nSPS) is 12.5. The third-order valence-electron chi connectivity index (χ3n) is 14.5. The van der Waals surface area contributed by atoms with Gasteiger partial charge in [0, 0.05) is 19.3 Å². The lowest BCUT2D eigenvalue weighted by molar-refractivity contribution is -0.167. The van der Waals surface area contributed by atoms with Gasteiger partial charge in [0.05, 0.1) is 0 Å². The largest absolute Gasteiger partial charge is 0.462 e. The predicted molar refractivity (Wildman–Crippen MR) is 293 cm³/mol. The van der Waals surface area contributed by atoms with Crippen LogP contribution < -0.4 is 0 Å². The van der Waals surface area contributed by atoms with Crippen LogP contribution in [0, 0.1) is 17.8 Å². The molecule has 2 atom stereocenters. The highest BCUT2D eigenvalue weighted by atomic mass is 16.6. The van der Waals surface area contributed by atoms with Crippen LogP contribution in [-0.2, 0) is 28.6 Å². The topological polar surface area (TPSA) is 78.9 Å². The van der Waals surface area contributed by atoms with E-state index in [1.54, 1.807) is 0 Å². The molecule has 0 fully saturated rings. The number of rotatable bonds is 55. The lowest BCUT2D eigenvalue weighted by Gasteiger charge is -2.18. The number of carbonyl (C=O) groups excluding carboxylic acids is 3. The zero-order valence-electron chi connectivity index (χ0n) is 46.9. The highest BCUT2D eigenvalue weighted by Crippen LogP contribution is 2.19. The maximum Gasteiger partial charge on any atom is 0.306 e. The summed E-state index contributed by atoms with van der Waals surface area (Å²) in [5.41, 5.74) is 0. The van der Waals surface area contributed by atoms with Gasteiger partial charge in [-0.1, -0.05) is 305 Å². The lowest BCUT2D eigenvalue weighted by Crippen LogP contribution is -2.30. The van der Waals surface area contributed by atoms with Gasteiger partial charge in [-0.05, 0) is 37.0 Å². The summed E-state index contributed by atoms with van der Waals surface area (Å²) < 4.78 is 16.9. The highest BCUT2D eigenvalue weighted by Gasteiger charge is 2.19. The van der Waals surface area contributed by atoms with Gasteiger partial charge in [-0.2, -0.15) is 0 Å². The molecular weight excluding hydrogens is 841 g/mol. The van der Waals surface area contributed by atoms with E-state index in [0.29, 0.717) is 19.3 Å². The van der Waals surface area contributed by atoms with Crippen molar-refractivity contribution >= 4 is 17.9 Å². The Morgan fingerprint density at radius 1 is 0.294 bits per heavy atom. The van der Waals surface area contributed by atoms with Gasteiger partial charge in [-0.3, -0.25) is 14.4 Å². The predicted octanol–water partition coefficient (Wildman–Crippen LogP) is 20.3. The Morgan fingerprint density at radius 2 is 0.515 bits per heavy atom. The summed E-state index contributed by atoms with van der Waals surface area (Å²) in [6.45, 7) is 13.8. The monoisotopic (exact) mass is 961 g/mol. The molecule has 0 amide bonds. The van der Waals surface area contributed by atoms with Crippen LogP contribution in [-0.4, -0.2) is 37.2 Å². The van der Waals surface area contributed by atoms with Crippen LogP contribution in [0.15, 0.2) is 0 Å². The van der Waals surface area contributed by atoms with Crippen LogP contribution in [0.2, 0.25) is 0 Å². The first-order valence-corrected chi connectivity index (χ1v) is 30.6. The molecule has 68 heavy (non-hydrogen) atoms. The van der Waals surface area contributed by atoms with Crippen molar-refractivity contribution in [1.82, 2.24) is 0 Å². The third-order valence-corrected chi connectivity index (χ3v) is 14.5. The van der Waals surface area contributed by atoms with Crippen molar-refractivity contribution in [1.29, 1.82) is 0 Å². The van der Waals surface area contributed by atoms with Gasteiger partial charge < -0.3 is 14.2 Å². The lowest BCUT2D eigenvalue weighted by atomic mass is 9.99. The van der Waals surface area contributed by atoms with E-state index < -0.39 is 6.10 Å². The van der Waals surface area contributed by atoms with Crippen molar-refractivity contribution in [2.45, 2.75) is 349 Å². The average molecular weight is 962 g/mol. The Bertz CT molecular complexity index is 1060. The summed E-state index contributed by atoms with van der Waals surface area (Å²) in [5.74, 6) is 1.71.